The van der Waals surface area contributed by atoms with Crippen molar-refractivity contribution >= 4 is 39.2 Å². The molecule has 0 aliphatic heterocycles. The van der Waals surface area contributed by atoms with Gasteiger partial charge < -0.3 is 10.4 Å². The molecule has 1 aromatic carbocycles. The number of nitrogens with one attached hydrogen (secondary N) is 1. The molecule has 2 N–H and O–H groups in total. The minimum absolute atomic E-state index is 0.0934. The van der Waals surface area contributed by atoms with Gasteiger partial charge in [0.05, 0.1) is 22.4 Å². The number of anilines is 1. The summed E-state index contributed by atoms with van der Waals surface area (Å²) in [5.74, 6) is -2.56. The molecule has 2 unspecified atom stereocenters. The Bertz CT molecular complexity index is 604. The van der Waals surface area contributed by atoms with Crippen LogP contribution in [0, 0.1) is 22.0 Å². The molecule has 0 radical (unpaired) electrons. The Morgan fingerprint density at radius 3 is 2.57 bits per heavy atom. The van der Waals surface area contributed by atoms with Gasteiger partial charge in [0, 0.05) is 16.6 Å². The van der Waals surface area contributed by atoms with Crippen molar-refractivity contribution < 1.29 is 19.6 Å². The molecule has 0 bridgehead atoms. The molecule has 1 fully saturated rings. The molecule has 2 rings (SSSR count). The molecule has 1 saturated carbocycles. The topological polar surface area (TPSA) is 110 Å². The van der Waals surface area contributed by atoms with Crippen LogP contribution in [0.2, 0.25) is 0 Å². The van der Waals surface area contributed by atoms with Crippen LogP contribution < -0.4 is 5.32 Å². The highest BCUT2D eigenvalue weighted by atomic mass is 79.9. The molecule has 2 atom stereocenters. The molecule has 1 aliphatic rings. The van der Waals surface area contributed by atoms with Crippen LogP contribution in [0.4, 0.5) is 11.4 Å². The number of benzene rings is 1. The molecular formula is C13H13BrN2O5. The first kappa shape index (κ1) is 15.4. The average molecular weight is 357 g/mol. The second-order valence-corrected chi connectivity index (χ2v) is 5.75. The van der Waals surface area contributed by atoms with Gasteiger partial charge >= 0.3 is 5.97 Å². The van der Waals surface area contributed by atoms with E-state index in [-0.39, 0.29) is 11.6 Å². The third-order valence-electron chi connectivity index (χ3n) is 3.59. The zero-order valence-electron chi connectivity index (χ0n) is 10.9. The normalized spacial score (nSPS) is 21.0. The molecule has 0 saturated heterocycles. The van der Waals surface area contributed by atoms with Crippen molar-refractivity contribution in [2.75, 3.05) is 5.32 Å². The summed E-state index contributed by atoms with van der Waals surface area (Å²) in [5.41, 5.74) is 0.297. The van der Waals surface area contributed by atoms with E-state index in [0.29, 0.717) is 29.4 Å². The minimum Gasteiger partial charge on any atom is -0.481 e. The Morgan fingerprint density at radius 1 is 1.33 bits per heavy atom. The number of amides is 1. The fourth-order valence-corrected chi connectivity index (χ4v) is 2.98. The second kappa shape index (κ2) is 6.21. The fourth-order valence-electron chi connectivity index (χ4n) is 2.51. The quantitative estimate of drug-likeness (QED) is 0.636. The van der Waals surface area contributed by atoms with Gasteiger partial charge in [-0.25, -0.2) is 0 Å². The first-order chi connectivity index (χ1) is 9.90. The van der Waals surface area contributed by atoms with E-state index in [0.717, 1.165) is 0 Å². The Balaban J connectivity index is 2.13. The number of nitrogens with zero attached hydrogens (tertiary/aromatic N) is 1. The predicted molar refractivity (Wildman–Crippen MR) is 77.9 cm³/mol. The van der Waals surface area contributed by atoms with Gasteiger partial charge in [-0.15, -0.1) is 0 Å². The smallest absolute Gasteiger partial charge is 0.307 e. The van der Waals surface area contributed by atoms with Gasteiger partial charge in [-0.2, -0.15) is 0 Å². The van der Waals surface area contributed by atoms with Crippen LogP contribution in [0.5, 0.6) is 0 Å². The number of carbonyl (C=O) groups is 2. The minimum atomic E-state index is -0.963. The molecule has 1 aromatic rings. The number of hydrogen-bond acceptors (Lipinski definition) is 4. The van der Waals surface area contributed by atoms with E-state index in [4.69, 9.17) is 5.11 Å². The molecule has 7 nitrogen and oxygen atoms in total. The summed E-state index contributed by atoms with van der Waals surface area (Å²) in [7, 11) is 0. The van der Waals surface area contributed by atoms with Gasteiger partial charge in [-0.05, 0) is 34.8 Å². The van der Waals surface area contributed by atoms with Gasteiger partial charge in [0.1, 0.15) is 0 Å². The Labute approximate surface area is 128 Å². The molecule has 1 amide bonds. The lowest BCUT2D eigenvalue weighted by molar-refractivity contribution is -0.384. The second-order valence-electron chi connectivity index (χ2n) is 4.89. The highest BCUT2D eigenvalue weighted by molar-refractivity contribution is 9.10. The van der Waals surface area contributed by atoms with E-state index in [1.807, 2.05) is 0 Å². The summed E-state index contributed by atoms with van der Waals surface area (Å²) in [6.45, 7) is 0. The highest BCUT2D eigenvalue weighted by Crippen LogP contribution is 2.34. The zero-order valence-corrected chi connectivity index (χ0v) is 12.5. The van der Waals surface area contributed by atoms with Crippen LogP contribution in [-0.2, 0) is 9.59 Å². The number of aliphatic carboxylic acids is 1. The molecular weight excluding hydrogens is 344 g/mol. The largest absolute Gasteiger partial charge is 0.481 e. The van der Waals surface area contributed by atoms with Crippen molar-refractivity contribution in [3.05, 3.63) is 32.8 Å². The lowest BCUT2D eigenvalue weighted by Crippen LogP contribution is -2.30. The maximum Gasteiger partial charge on any atom is 0.307 e. The van der Waals surface area contributed by atoms with E-state index in [1.165, 1.54) is 18.2 Å². The highest BCUT2D eigenvalue weighted by Gasteiger charge is 2.37. The first-order valence-electron chi connectivity index (χ1n) is 6.37. The Hall–Kier alpha value is -1.96. The van der Waals surface area contributed by atoms with E-state index in [1.54, 1.807) is 0 Å². The van der Waals surface area contributed by atoms with Crippen LogP contribution >= 0.6 is 15.9 Å². The molecule has 8 heteroatoms. The van der Waals surface area contributed by atoms with Gasteiger partial charge in [-0.1, -0.05) is 6.42 Å². The third-order valence-corrected chi connectivity index (χ3v) is 4.25. The third kappa shape index (κ3) is 3.38. The maximum atomic E-state index is 12.2. The Morgan fingerprint density at radius 2 is 2.00 bits per heavy atom. The summed E-state index contributed by atoms with van der Waals surface area (Å²) in [6, 6.07) is 3.99. The van der Waals surface area contributed by atoms with Gasteiger partial charge in [0.2, 0.25) is 5.91 Å². The fraction of sp³-hybridized carbons (Fsp3) is 0.385. The number of halogens is 1. The summed E-state index contributed by atoms with van der Waals surface area (Å²) in [4.78, 5) is 33.4. The molecule has 112 valence electrons. The summed E-state index contributed by atoms with van der Waals surface area (Å²) in [6.07, 6.45) is 1.73. The maximum absolute atomic E-state index is 12.2. The number of carbonyl (C=O) groups excluding carboxylic acids is 1. The first-order valence-corrected chi connectivity index (χ1v) is 7.17. The monoisotopic (exact) mass is 356 g/mol. The predicted octanol–water partition coefficient (Wildman–Crippen LogP) is 2.80. The molecule has 0 aromatic heterocycles. The van der Waals surface area contributed by atoms with E-state index < -0.39 is 22.7 Å². The van der Waals surface area contributed by atoms with Crippen LogP contribution in [0.1, 0.15) is 19.3 Å². The number of nitro benzene ring substituents is 1. The number of carboxylic acids is 1. The van der Waals surface area contributed by atoms with Gasteiger partial charge in [0.25, 0.3) is 5.69 Å². The number of carboxylic acid groups (broad SMARTS) is 1. The number of non-ortho nitro benzene ring substituents is 1. The van der Waals surface area contributed by atoms with Crippen molar-refractivity contribution in [3.8, 4) is 0 Å². The SMILES string of the molecule is O=C(O)C1CCCC1C(=O)Nc1ccc([N+](=O)[O-])cc1Br. The van der Waals surface area contributed by atoms with Crippen molar-refractivity contribution in [2.24, 2.45) is 11.8 Å². The summed E-state index contributed by atoms with van der Waals surface area (Å²) in [5, 5.41) is 22.4. The summed E-state index contributed by atoms with van der Waals surface area (Å²) >= 11 is 3.16. The number of hydrogen-bond donors (Lipinski definition) is 2. The average Bonchev–Trinajstić information content (AvgIpc) is 2.90. The van der Waals surface area contributed by atoms with Gasteiger partial charge in [0.15, 0.2) is 0 Å². The van der Waals surface area contributed by atoms with Crippen molar-refractivity contribution in [1.82, 2.24) is 0 Å². The van der Waals surface area contributed by atoms with Crippen LogP contribution in [0.25, 0.3) is 0 Å². The number of nitro groups is 1. The molecule has 21 heavy (non-hydrogen) atoms. The zero-order chi connectivity index (χ0) is 15.6. The lowest BCUT2D eigenvalue weighted by Gasteiger charge is -2.16. The van der Waals surface area contributed by atoms with Crippen molar-refractivity contribution in [3.63, 3.8) is 0 Å². The van der Waals surface area contributed by atoms with E-state index in [2.05, 4.69) is 21.2 Å². The Kier molecular flexibility index (Phi) is 4.56. The van der Waals surface area contributed by atoms with E-state index in [9.17, 15) is 19.7 Å². The molecule has 0 spiro atoms. The van der Waals surface area contributed by atoms with Crippen molar-refractivity contribution in [2.45, 2.75) is 19.3 Å². The molecule has 1 aliphatic carbocycles. The number of rotatable bonds is 4. The van der Waals surface area contributed by atoms with E-state index >= 15 is 0 Å². The summed E-state index contributed by atoms with van der Waals surface area (Å²) < 4.78 is 0.384. The standard InChI is InChI=1S/C13H13BrN2O5/c14-10-6-7(16(20)21)4-5-11(10)15-12(17)8-2-1-3-9(8)13(18)19/h4-6,8-9H,1-3H2,(H,15,17)(H,18,19). The lowest BCUT2D eigenvalue weighted by atomic mass is 9.95. The van der Waals surface area contributed by atoms with Crippen LogP contribution in [0.3, 0.4) is 0 Å². The van der Waals surface area contributed by atoms with Crippen molar-refractivity contribution in [1.29, 1.82) is 0 Å². The van der Waals surface area contributed by atoms with Crippen LogP contribution in [-0.4, -0.2) is 21.9 Å². The van der Waals surface area contributed by atoms with Crippen LogP contribution in [0.15, 0.2) is 22.7 Å². The van der Waals surface area contributed by atoms with Gasteiger partial charge in [-0.3, -0.25) is 19.7 Å². The molecule has 0 heterocycles.